The third-order valence-corrected chi connectivity index (χ3v) is 4.28. The molecule has 4 aromatic rings. The van der Waals surface area contributed by atoms with Crippen LogP contribution in [0.15, 0.2) is 59.1 Å². The lowest BCUT2D eigenvalue weighted by atomic mass is 10.2. The van der Waals surface area contributed by atoms with Gasteiger partial charge in [0.2, 0.25) is 5.89 Å². The number of benzene rings is 2. The minimum Gasteiger partial charge on any atom is -0.487 e. The lowest BCUT2D eigenvalue weighted by Gasteiger charge is -2.06. The van der Waals surface area contributed by atoms with Crippen molar-refractivity contribution in [2.75, 3.05) is 0 Å². The van der Waals surface area contributed by atoms with Crippen LogP contribution < -0.4 is 4.74 Å². The number of carbonyl (C=O) groups is 1. The molecule has 0 N–H and O–H groups in total. The molecule has 0 fully saturated rings. The fourth-order valence-electron chi connectivity index (χ4n) is 2.89. The highest BCUT2D eigenvalue weighted by molar-refractivity contribution is 5.82. The Hall–Kier alpha value is -3.41. The highest BCUT2D eigenvalue weighted by Gasteiger charge is 2.12. The minimum absolute atomic E-state index is 0.0537. The number of ketones is 1. The first-order valence-electron chi connectivity index (χ1n) is 8.69. The topological polar surface area (TPSA) is 70.2 Å². The molecule has 0 unspecified atom stereocenters. The number of fused-ring (bicyclic) bond motifs is 1. The van der Waals surface area contributed by atoms with E-state index in [0.717, 1.165) is 27.9 Å². The van der Waals surface area contributed by atoms with Crippen molar-refractivity contribution >= 4 is 16.7 Å². The van der Waals surface area contributed by atoms with Crippen molar-refractivity contribution in [2.24, 2.45) is 0 Å². The summed E-state index contributed by atoms with van der Waals surface area (Å²) in [4.78, 5) is 15.9. The van der Waals surface area contributed by atoms with E-state index in [1.807, 2.05) is 55.5 Å². The van der Waals surface area contributed by atoms with Crippen molar-refractivity contribution in [3.05, 3.63) is 66.2 Å². The fourth-order valence-corrected chi connectivity index (χ4v) is 2.89. The second kappa shape index (κ2) is 7.07. The van der Waals surface area contributed by atoms with E-state index in [9.17, 15) is 4.79 Å². The second-order valence-corrected chi connectivity index (χ2v) is 6.40. The van der Waals surface area contributed by atoms with E-state index in [4.69, 9.17) is 9.15 Å². The van der Waals surface area contributed by atoms with Gasteiger partial charge in [-0.2, -0.15) is 5.10 Å². The zero-order valence-corrected chi connectivity index (χ0v) is 15.2. The maximum atomic E-state index is 11.4. The molecule has 0 atom stereocenters. The Morgan fingerprint density at radius 2 is 2.00 bits per heavy atom. The molecule has 0 aliphatic rings. The quantitative estimate of drug-likeness (QED) is 0.515. The van der Waals surface area contributed by atoms with Crippen molar-refractivity contribution in [1.29, 1.82) is 0 Å². The molecule has 2 aromatic carbocycles. The van der Waals surface area contributed by atoms with Crippen LogP contribution >= 0.6 is 0 Å². The number of nitrogens with zero attached hydrogens (tertiary/aromatic N) is 3. The van der Waals surface area contributed by atoms with Gasteiger partial charge in [-0.15, -0.1) is 0 Å². The van der Waals surface area contributed by atoms with Gasteiger partial charge >= 0.3 is 0 Å². The molecule has 2 heterocycles. The number of ether oxygens (including phenoxy) is 1. The summed E-state index contributed by atoms with van der Waals surface area (Å²) in [6.07, 6.45) is 1.75. The summed E-state index contributed by atoms with van der Waals surface area (Å²) in [5.41, 5.74) is 2.55. The number of rotatable bonds is 6. The summed E-state index contributed by atoms with van der Waals surface area (Å²) >= 11 is 0. The molecule has 0 spiro atoms. The number of aromatic nitrogens is 3. The van der Waals surface area contributed by atoms with Crippen LogP contribution in [0.5, 0.6) is 5.75 Å². The van der Waals surface area contributed by atoms with Crippen molar-refractivity contribution in [1.82, 2.24) is 14.8 Å². The standard InChI is InChI=1S/C21H19N3O3/c1-14(25)12-24-20-10-18(9-8-17(20)11-22-24)26-13-19-15(2)27-21(23-19)16-6-4-3-5-7-16/h3-11H,12-13H2,1-2H3. The van der Waals surface area contributed by atoms with Crippen LogP contribution in [-0.4, -0.2) is 20.5 Å². The summed E-state index contributed by atoms with van der Waals surface area (Å²) in [5, 5.41) is 5.22. The zero-order valence-electron chi connectivity index (χ0n) is 15.2. The first-order chi connectivity index (χ1) is 13.1. The van der Waals surface area contributed by atoms with Crippen LogP contribution in [0.2, 0.25) is 0 Å². The van der Waals surface area contributed by atoms with E-state index in [1.54, 1.807) is 17.8 Å². The van der Waals surface area contributed by atoms with Gasteiger partial charge in [0.05, 0.1) is 18.3 Å². The summed E-state index contributed by atoms with van der Waals surface area (Å²) in [6.45, 7) is 3.97. The molecule has 6 nitrogen and oxygen atoms in total. The minimum atomic E-state index is 0.0537. The van der Waals surface area contributed by atoms with Gasteiger partial charge in [0.25, 0.3) is 0 Å². The molecular weight excluding hydrogens is 342 g/mol. The van der Waals surface area contributed by atoms with Crippen molar-refractivity contribution < 1.29 is 13.9 Å². The number of hydrogen-bond acceptors (Lipinski definition) is 5. The normalized spacial score (nSPS) is 11.0. The van der Waals surface area contributed by atoms with Crippen LogP contribution in [0.25, 0.3) is 22.4 Å². The van der Waals surface area contributed by atoms with Crippen LogP contribution in [-0.2, 0) is 17.9 Å². The van der Waals surface area contributed by atoms with Crippen LogP contribution in [0.3, 0.4) is 0 Å². The number of aryl methyl sites for hydroxylation is 1. The van der Waals surface area contributed by atoms with Gasteiger partial charge in [-0.05, 0) is 38.1 Å². The first-order valence-corrected chi connectivity index (χ1v) is 8.69. The molecule has 0 radical (unpaired) electrons. The van der Waals surface area contributed by atoms with Gasteiger partial charge < -0.3 is 9.15 Å². The van der Waals surface area contributed by atoms with Gasteiger partial charge in [0, 0.05) is 17.0 Å². The lowest BCUT2D eigenvalue weighted by molar-refractivity contribution is -0.117. The molecule has 0 aliphatic heterocycles. The number of carbonyl (C=O) groups excluding carboxylic acids is 1. The van der Waals surface area contributed by atoms with Crippen LogP contribution in [0, 0.1) is 6.92 Å². The van der Waals surface area contributed by atoms with Gasteiger partial charge in [-0.1, -0.05) is 18.2 Å². The Bertz CT molecular complexity index is 1100. The average molecular weight is 361 g/mol. The fraction of sp³-hybridized carbons (Fsp3) is 0.190. The van der Waals surface area contributed by atoms with E-state index in [2.05, 4.69) is 10.1 Å². The van der Waals surface area contributed by atoms with Gasteiger partial charge in [-0.3, -0.25) is 9.48 Å². The number of oxazole rings is 1. The second-order valence-electron chi connectivity index (χ2n) is 6.40. The Morgan fingerprint density at radius 1 is 1.19 bits per heavy atom. The Labute approximate surface area is 156 Å². The highest BCUT2D eigenvalue weighted by atomic mass is 16.5. The van der Waals surface area contributed by atoms with E-state index < -0.39 is 0 Å². The van der Waals surface area contributed by atoms with Crippen LogP contribution in [0.4, 0.5) is 0 Å². The molecular formula is C21H19N3O3. The third kappa shape index (κ3) is 3.60. The predicted molar refractivity (Wildman–Crippen MR) is 101 cm³/mol. The summed E-state index contributed by atoms with van der Waals surface area (Å²) < 4.78 is 13.4. The monoisotopic (exact) mass is 361 g/mol. The van der Waals surface area contributed by atoms with Gasteiger partial charge in [-0.25, -0.2) is 4.98 Å². The number of hydrogen-bond donors (Lipinski definition) is 0. The Morgan fingerprint density at radius 3 is 2.78 bits per heavy atom. The molecule has 0 saturated carbocycles. The summed E-state index contributed by atoms with van der Waals surface area (Å²) in [6, 6.07) is 15.5. The lowest BCUT2D eigenvalue weighted by Crippen LogP contribution is -2.07. The zero-order chi connectivity index (χ0) is 18.8. The maximum Gasteiger partial charge on any atom is 0.226 e. The average Bonchev–Trinajstić information content (AvgIpc) is 3.24. The largest absolute Gasteiger partial charge is 0.487 e. The first kappa shape index (κ1) is 17.0. The molecule has 27 heavy (non-hydrogen) atoms. The van der Waals surface area contributed by atoms with Gasteiger partial charge in [0.1, 0.15) is 23.8 Å². The number of Topliss-reactive ketones (excluding diaryl/α,β-unsaturated/α-hetero) is 1. The molecule has 136 valence electrons. The Balaban J connectivity index is 1.53. The highest BCUT2D eigenvalue weighted by Crippen LogP contribution is 2.24. The Kier molecular flexibility index (Phi) is 4.46. The van der Waals surface area contributed by atoms with Crippen molar-refractivity contribution in [3.63, 3.8) is 0 Å². The van der Waals surface area contributed by atoms with Gasteiger partial charge in [0.15, 0.2) is 5.78 Å². The SMILES string of the molecule is CC(=O)Cn1ncc2ccc(OCc3nc(-c4ccccc4)oc3C)cc21. The molecule has 4 rings (SSSR count). The van der Waals surface area contributed by atoms with E-state index >= 15 is 0 Å². The smallest absolute Gasteiger partial charge is 0.226 e. The van der Waals surface area contributed by atoms with E-state index in [1.165, 1.54) is 0 Å². The van der Waals surface area contributed by atoms with Crippen molar-refractivity contribution in [3.8, 4) is 17.2 Å². The molecule has 0 amide bonds. The van der Waals surface area contributed by atoms with E-state index in [0.29, 0.717) is 18.2 Å². The molecule has 6 heteroatoms. The summed E-state index contributed by atoms with van der Waals surface area (Å²) in [7, 11) is 0. The van der Waals surface area contributed by atoms with E-state index in [-0.39, 0.29) is 12.3 Å². The van der Waals surface area contributed by atoms with Crippen molar-refractivity contribution in [2.45, 2.75) is 27.0 Å². The molecule has 2 aromatic heterocycles. The molecule has 0 bridgehead atoms. The third-order valence-electron chi connectivity index (χ3n) is 4.28. The predicted octanol–water partition coefficient (Wildman–Crippen LogP) is 4.17. The molecule has 0 saturated heterocycles. The summed E-state index contributed by atoms with van der Waals surface area (Å²) in [5.74, 6) is 2.06. The maximum absolute atomic E-state index is 11.4. The van der Waals surface area contributed by atoms with Crippen LogP contribution in [0.1, 0.15) is 18.4 Å². The molecule has 0 aliphatic carbocycles.